The average Bonchev–Trinajstić information content (AvgIpc) is 2.45. The van der Waals surface area contributed by atoms with Crippen LogP contribution in [0.4, 0.5) is 0 Å². The van der Waals surface area contributed by atoms with E-state index in [0.717, 1.165) is 12.0 Å². The lowest BCUT2D eigenvalue weighted by Crippen LogP contribution is -2.34. The first kappa shape index (κ1) is 7.56. The molecule has 0 amide bonds. The number of hydrogen-bond donors (Lipinski definition) is 0. The van der Waals surface area contributed by atoms with Crippen molar-refractivity contribution >= 4 is 0 Å². The van der Waals surface area contributed by atoms with Crippen molar-refractivity contribution in [3.63, 3.8) is 0 Å². The van der Waals surface area contributed by atoms with E-state index in [1.54, 1.807) is 0 Å². The Morgan fingerprint density at radius 3 is 2.91 bits per heavy atom. The molecule has 0 aromatic carbocycles. The topological polar surface area (TPSA) is 6.48 Å². The lowest BCUT2D eigenvalue weighted by Gasteiger charge is -2.21. The minimum Gasteiger partial charge on any atom is -0.304 e. The van der Waals surface area contributed by atoms with Gasteiger partial charge in [0, 0.05) is 19.1 Å². The summed E-state index contributed by atoms with van der Waals surface area (Å²) in [5, 5.41) is 0. The monoisotopic (exact) mass is 154 g/mol. The molecule has 2 fully saturated rings. The fourth-order valence-electron chi connectivity index (χ4n) is 2.65. The van der Waals surface area contributed by atoms with Crippen molar-refractivity contribution in [3.8, 4) is 0 Å². The molecule has 64 valence electrons. The fraction of sp³-hybridized carbons (Fsp3) is 1.00. The van der Waals surface area contributed by atoms with Gasteiger partial charge in [0.05, 0.1) is 0 Å². The smallest absolute Gasteiger partial charge is 0.0263 e. The molecule has 0 aromatic rings. The van der Waals surface area contributed by atoms with Gasteiger partial charge in [-0.05, 0) is 32.5 Å². The van der Waals surface area contributed by atoms with Gasteiger partial charge in [-0.2, -0.15) is 0 Å². The Hall–Kier alpha value is -0.0800. The molecule has 0 bridgehead atoms. The molecule has 2 aliphatic rings. The zero-order valence-corrected chi connectivity index (χ0v) is 7.58. The highest BCUT2D eigenvalue weighted by molar-refractivity contribution is 4.94. The van der Waals surface area contributed by atoms with E-state index in [0.29, 0.717) is 0 Å². The molecule has 2 nitrogen and oxygen atoms in total. The molecule has 0 aliphatic carbocycles. The summed E-state index contributed by atoms with van der Waals surface area (Å²) >= 11 is 0. The second kappa shape index (κ2) is 2.76. The van der Waals surface area contributed by atoms with Crippen molar-refractivity contribution in [2.75, 3.05) is 33.2 Å². The molecular formula is C9H18N2. The van der Waals surface area contributed by atoms with Crippen LogP contribution in [0.5, 0.6) is 0 Å². The van der Waals surface area contributed by atoms with Gasteiger partial charge in [-0.25, -0.2) is 0 Å². The zero-order chi connectivity index (χ0) is 7.84. The standard InChI is InChI=1S/C9H18N2/c1-3-11-5-4-8-6-10(2)7-9(8)11/h8-9H,3-7H2,1-2H3/t8-,9+/m0/s1. The zero-order valence-electron chi connectivity index (χ0n) is 7.58. The van der Waals surface area contributed by atoms with Crippen molar-refractivity contribution in [2.45, 2.75) is 19.4 Å². The summed E-state index contributed by atoms with van der Waals surface area (Å²) < 4.78 is 0. The van der Waals surface area contributed by atoms with Crippen molar-refractivity contribution < 1.29 is 0 Å². The number of hydrogen-bond acceptors (Lipinski definition) is 2. The summed E-state index contributed by atoms with van der Waals surface area (Å²) in [6.45, 7) is 7.51. The predicted molar refractivity (Wildman–Crippen MR) is 46.6 cm³/mol. The summed E-state index contributed by atoms with van der Waals surface area (Å²) in [7, 11) is 2.24. The Kier molecular flexibility index (Phi) is 1.90. The Morgan fingerprint density at radius 1 is 1.36 bits per heavy atom. The Balaban J connectivity index is 2.01. The molecule has 2 heteroatoms. The second-order valence-electron chi connectivity index (χ2n) is 3.97. The summed E-state index contributed by atoms with van der Waals surface area (Å²) in [6, 6.07) is 0.894. The van der Waals surface area contributed by atoms with Crippen molar-refractivity contribution in [1.82, 2.24) is 9.80 Å². The van der Waals surface area contributed by atoms with Crippen LogP contribution in [-0.4, -0.2) is 49.1 Å². The van der Waals surface area contributed by atoms with Gasteiger partial charge in [-0.1, -0.05) is 6.92 Å². The predicted octanol–water partition coefficient (Wildman–Crippen LogP) is 0.642. The summed E-state index contributed by atoms with van der Waals surface area (Å²) in [4.78, 5) is 5.10. The molecule has 0 saturated carbocycles. The van der Waals surface area contributed by atoms with Gasteiger partial charge in [-0.3, -0.25) is 4.90 Å². The molecule has 0 unspecified atom stereocenters. The van der Waals surface area contributed by atoms with Gasteiger partial charge < -0.3 is 4.90 Å². The van der Waals surface area contributed by atoms with Crippen LogP contribution in [0.1, 0.15) is 13.3 Å². The second-order valence-corrected chi connectivity index (χ2v) is 3.97. The van der Waals surface area contributed by atoms with Crippen LogP contribution in [-0.2, 0) is 0 Å². The Labute approximate surface area is 69.2 Å². The highest BCUT2D eigenvalue weighted by atomic mass is 15.3. The van der Waals surface area contributed by atoms with Gasteiger partial charge in [0.25, 0.3) is 0 Å². The highest BCUT2D eigenvalue weighted by Gasteiger charge is 2.38. The highest BCUT2D eigenvalue weighted by Crippen LogP contribution is 2.29. The van der Waals surface area contributed by atoms with Crippen LogP contribution in [0.2, 0.25) is 0 Å². The first-order valence-corrected chi connectivity index (χ1v) is 4.74. The normalized spacial score (nSPS) is 39.8. The first-order chi connectivity index (χ1) is 5.31. The third-order valence-corrected chi connectivity index (χ3v) is 3.25. The lowest BCUT2D eigenvalue weighted by molar-refractivity contribution is 0.247. The molecule has 2 saturated heterocycles. The van der Waals surface area contributed by atoms with Gasteiger partial charge in [0.15, 0.2) is 0 Å². The van der Waals surface area contributed by atoms with Crippen LogP contribution in [0, 0.1) is 5.92 Å². The first-order valence-electron chi connectivity index (χ1n) is 4.74. The van der Waals surface area contributed by atoms with Crippen LogP contribution in [0.25, 0.3) is 0 Å². The Bertz CT molecular complexity index is 144. The van der Waals surface area contributed by atoms with Crippen LogP contribution >= 0.6 is 0 Å². The number of likely N-dealkylation sites (N-methyl/N-ethyl adjacent to an activating group) is 2. The molecule has 2 heterocycles. The van der Waals surface area contributed by atoms with E-state index in [4.69, 9.17) is 0 Å². The van der Waals surface area contributed by atoms with Crippen LogP contribution < -0.4 is 0 Å². The van der Waals surface area contributed by atoms with E-state index in [2.05, 4.69) is 23.8 Å². The van der Waals surface area contributed by atoms with Gasteiger partial charge in [0.2, 0.25) is 0 Å². The molecular weight excluding hydrogens is 136 g/mol. The van der Waals surface area contributed by atoms with E-state index >= 15 is 0 Å². The SMILES string of the molecule is CCN1CC[C@H]2CN(C)C[C@H]21. The summed E-state index contributed by atoms with van der Waals surface area (Å²) in [5.74, 6) is 0.986. The molecule has 0 aromatic heterocycles. The van der Waals surface area contributed by atoms with E-state index in [9.17, 15) is 0 Å². The number of fused-ring (bicyclic) bond motifs is 1. The van der Waals surface area contributed by atoms with E-state index in [1.165, 1.54) is 32.6 Å². The quantitative estimate of drug-likeness (QED) is 0.547. The number of rotatable bonds is 1. The fourth-order valence-corrected chi connectivity index (χ4v) is 2.65. The van der Waals surface area contributed by atoms with Crippen LogP contribution in [0.3, 0.4) is 0 Å². The molecule has 0 radical (unpaired) electrons. The molecule has 0 spiro atoms. The molecule has 2 aliphatic heterocycles. The van der Waals surface area contributed by atoms with Crippen molar-refractivity contribution in [1.29, 1.82) is 0 Å². The molecule has 11 heavy (non-hydrogen) atoms. The van der Waals surface area contributed by atoms with Crippen LogP contribution in [0.15, 0.2) is 0 Å². The third kappa shape index (κ3) is 1.18. The average molecular weight is 154 g/mol. The van der Waals surface area contributed by atoms with E-state index in [-0.39, 0.29) is 0 Å². The van der Waals surface area contributed by atoms with E-state index in [1.807, 2.05) is 0 Å². The van der Waals surface area contributed by atoms with Gasteiger partial charge in [-0.15, -0.1) is 0 Å². The largest absolute Gasteiger partial charge is 0.304 e. The lowest BCUT2D eigenvalue weighted by atomic mass is 10.1. The Morgan fingerprint density at radius 2 is 2.18 bits per heavy atom. The van der Waals surface area contributed by atoms with E-state index < -0.39 is 0 Å². The minimum atomic E-state index is 0.894. The third-order valence-electron chi connectivity index (χ3n) is 3.25. The molecule has 2 atom stereocenters. The minimum absolute atomic E-state index is 0.894. The molecule has 2 rings (SSSR count). The van der Waals surface area contributed by atoms with Gasteiger partial charge in [0.1, 0.15) is 0 Å². The summed E-state index contributed by atoms with van der Waals surface area (Å²) in [6.07, 6.45) is 1.43. The maximum atomic E-state index is 2.63. The van der Waals surface area contributed by atoms with Gasteiger partial charge >= 0.3 is 0 Å². The molecule has 0 N–H and O–H groups in total. The maximum absolute atomic E-state index is 2.63. The summed E-state index contributed by atoms with van der Waals surface area (Å²) in [5.41, 5.74) is 0. The van der Waals surface area contributed by atoms with Crippen molar-refractivity contribution in [2.24, 2.45) is 5.92 Å². The maximum Gasteiger partial charge on any atom is 0.0263 e. The van der Waals surface area contributed by atoms with Crippen molar-refractivity contribution in [3.05, 3.63) is 0 Å². The number of likely N-dealkylation sites (tertiary alicyclic amines) is 2. The number of nitrogens with zero attached hydrogens (tertiary/aromatic N) is 2.